The van der Waals surface area contributed by atoms with Crippen molar-refractivity contribution < 1.29 is 26.5 Å². The molecule has 0 saturated carbocycles. The quantitative estimate of drug-likeness (QED) is 0.352. The first-order chi connectivity index (χ1) is 16.9. The molecule has 0 atom stereocenters. The van der Waals surface area contributed by atoms with Gasteiger partial charge in [-0.25, -0.2) is 17.2 Å². The van der Waals surface area contributed by atoms with Crippen LogP contribution < -0.4 is 9.46 Å². The van der Waals surface area contributed by atoms with Crippen LogP contribution in [-0.4, -0.2) is 30.7 Å². The summed E-state index contributed by atoms with van der Waals surface area (Å²) in [6, 6.07) is 11.4. The maximum atomic E-state index is 14.9. The summed E-state index contributed by atoms with van der Waals surface area (Å²) in [6.07, 6.45) is 5.14. The molecule has 0 aliphatic carbocycles. The number of rotatable bonds is 6. The molecular formula is C24H16F2N4O4S. The molecule has 5 rings (SSSR count). The van der Waals surface area contributed by atoms with E-state index in [4.69, 9.17) is 4.74 Å². The fraction of sp³-hybridized carbons (Fsp3) is 0.0417. The van der Waals surface area contributed by atoms with Gasteiger partial charge in [0, 0.05) is 46.6 Å². The number of ether oxygens (including phenoxy) is 1. The predicted octanol–water partition coefficient (Wildman–Crippen LogP) is 5.04. The Morgan fingerprint density at radius 2 is 1.86 bits per heavy atom. The minimum Gasteiger partial charge on any atom is -0.496 e. The molecule has 0 aliphatic rings. The number of halogens is 2. The van der Waals surface area contributed by atoms with Crippen LogP contribution in [0.3, 0.4) is 0 Å². The Kier molecular flexibility index (Phi) is 5.61. The first-order valence-electron chi connectivity index (χ1n) is 10.2. The highest BCUT2D eigenvalue weighted by atomic mass is 32.2. The van der Waals surface area contributed by atoms with Crippen LogP contribution in [0.2, 0.25) is 0 Å². The molecule has 5 aromatic rings. The Morgan fingerprint density at radius 1 is 1.00 bits per heavy atom. The van der Waals surface area contributed by atoms with Gasteiger partial charge in [-0.1, -0.05) is 11.2 Å². The Bertz CT molecular complexity index is 1660. The number of nitrogens with one attached hydrogen (secondary N) is 1. The highest BCUT2D eigenvalue weighted by Crippen LogP contribution is 2.38. The fourth-order valence-corrected chi connectivity index (χ4v) is 4.72. The SMILES string of the molecule is COc1cc(F)c(-c2cncc(F)c2)cc1-c1nccc2cc(S(=O)(=O)Nc3ccon3)ccc12. The number of aromatic nitrogens is 3. The second kappa shape index (κ2) is 8.76. The van der Waals surface area contributed by atoms with E-state index in [1.807, 2.05) is 0 Å². The maximum absolute atomic E-state index is 14.9. The summed E-state index contributed by atoms with van der Waals surface area (Å²) in [5, 5.41) is 4.73. The average Bonchev–Trinajstić information content (AvgIpc) is 3.35. The maximum Gasteiger partial charge on any atom is 0.263 e. The van der Waals surface area contributed by atoms with Crippen LogP contribution in [0.15, 0.2) is 82.8 Å². The third kappa shape index (κ3) is 4.28. The summed E-state index contributed by atoms with van der Waals surface area (Å²) in [5.41, 5.74) is 1.23. The van der Waals surface area contributed by atoms with E-state index in [1.165, 1.54) is 62.2 Å². The van der Waals surface area contributed by atoms with Gasteiger partial charge < -0.3 is 9.26 Å². The molecule has 176 valence electrons. The van der Waals surface area contributed by atoms with Crippen LogP contribution in [0.4, 0.5) is 14.6 Å². The van der Waals surface area contributed by atoms with Gasteiger partial charge in [0.15, 0.2) is 5.82 Å². The van der Waals surface area contributed by atoms with Crippen LogP contribution >= 0.6 is 0 Å². The number of anilines is 1. The van der Waals surface area contributed by atoms with E-state index in [0.29, 0.717) is 22.0 Å². The Morgan fingerprint density at radius 3 is 2.60 bits per heavy atom. The van der Waals surface area contributed by atoms with Crippen molar-refractivity contribution in [1.29, 1.82) is 0 Å². The fourth-order valence-electron chi connectivity index (χ4n) is 3.69. The molecule has 3 heterocycles. The van der Waals surface area contributed by atoms with Crippen molar-refractivity contribution in [3.63, 3.8) is 0 Å². The number of benzene rings is 2. The Labute approximate surface area is 198 Å². The van der Waals surface area contributed by atoms with Gasteiger partial charge in [-0.3, -0.25) is 14.7 Å². The molecule has 0 radical (unpaired) electrons. The van der Waals surface area contributed by atoms with Crippen molar-refractivity contribution in [3.8, 4) is 28.1 Å². The lowest BCUT2D eigenvalue weighted by molar-refractivity contribution is 0.413. The molecule has 1 N–H and O–H groups in total. The van der Waals surface area contributed by atoms with Crippen LogP contribution in [0.1, 0.15) is 0 Å². The standard InChI is InChI=1S/C24H16F2N4O4S/c1-33-22-11-21(26)19(15-8-16(25)13-27-12-15)10-20(22)24-18-3-2-17(9-14(18)4-6-28-24)35(31,32)30-23-5-7-34-29-23/h2-13H,1H3,(H,29,30). The number of fused-ring (bicyclic) bond motifs is 1. The normalized spacial score (nSPS) is 11.5. The molecular weight excluding hydrogens is 478 g/mol. The van der Waals surface area contributed by atoms with Gasteiger partial charge in [-0.05, 0) is 35.7 Å². The van der Waals surface area contributed by atoms with E-state index in [0.717, 1.165) is 6.20 Å². The third-order valence-corrected chi connectivity index (χ3v) is 6.64. The van der Waals surface area contributed by atoms with Crippen molar-refractivity contribution >= 4 is 26.6 Å². The molecule has 0 bridgehead atoms. The summed E-state index contributed by atoms with van der Waals surface area (Å²) in [6.45, 7) is 0. The highest BCUT2D eigenvalue weighted by molar-refractivity contribution is 7.92. The monoisotopic (exact) mass is 494 g/mol. The first kappa shape index (κ1) is 22.4. The molecule has 11 heteroatoms. The lowest BCUT2D eigenvalue weighted by Crippen LogP contribution is -2.13. The van der Waals surface area contributed by atoms with E-state index < -0.39 is 21.7 Å². The predicted molar refractivity (Wildman–Crippen MR) is 124 cm³/mol. The Balaban J connectivity index is 1.64. The molecule has 0 amide bonds. The van der Waals surface area contributed by atoms with Gasteiger partial charge in [0.1, 0.15) is 23.6 Å². The lowest BCUT2D eigenvalue weighted by atomic mass is 9.98. The van der Waals surface area contributed by atoms with Crippen LogP contribution in [0.5, 0.6) is 5.75 Å². The molecule has 0 spiro atoms. The molecule has 8 nitrogen and oxygen atoms in total. The highest BCUT2D eigenvalue weighted by Gasteiger charge is 2.20. The number of pyridine rings is 2. The average molecular weight is 494 g/mol. The molecule has 2 aromatic carbocycles. The van der Waals surface area contributed by atoms with Crippen molar-refractivity contribution in [2.24, 2.45) is 0 Å². The molecule has 0 unspecified atom stereocenters. The van der Waals surface area contributed by atoms with E-state index in [-0.39, 0.29) is 27.6 Å². The van der Waals surface area contributed by atoms with Gasteiger partial charge >= 0.3 is 0 Å². The number of hydrogen-bond donors (Lipinski definition) is 1. The van der Waals surface area contributed by atoms with Crippen molar-refractivity contribution in [2.75, 3.05) is 11.8 Å². The third-order valence-electron chi connectivity index (χ3n) is 5.28. The minimum atomic E-state index is -3.93. The lowest BCUT2D eigenvalue weighted by Gasteiger charge is -2.14. The zero-order valence-corrected chi connectivity index (χ0v) is 18.9. The topological polar surface area (TPSA) is 107 Å². The first-order valence-corrected chi connectivity index (χ1v) is 11.6. The van der Waals surface area contributed by atoms with E-state index in [2.05, 4.69) is 24.4 Å². The Hall–Kier alpha value is -4.38. The van der Waals surface area contributed by atoms with E-state index in [1.54, 1.807) is 12.1 Å². The second-order valence-corrected chi connectivity index (χ2v) is 9.14. The van der Waals surface area contributed by atoms with Crippen LogP contribution in [0, 0.1) is 11.6 Å². The smallest absolute Gasteiger partial charge is 0.263 e. The molecule has 35 heavy (non-hydrogen) atoms. The molecule has 0 fully saturated rings. The summed E-state index contributed by atoms with van der Waals surface area (Å²) in [7, 11) is -2.53. The summed E-state index contributed by atoms with van der Waals surface area (Å²) < 4.78 is 66.5. The molecule has 0 aliphatic heterocycles. The van der Waals surface area contributed by atoms with Crippen molar-refractivity contribution in [1.82, 2.24) is 15.1 Å². The number of hydrogen-bond acceptors (Lipinski definition) is 7. The number of sulfonamides is 1. The summed E-state index contributed by atoms with van der Waals surface area (Å²) >= 11 is 0. The zero-order chi connectivity index (χ0) is 24.6. The van der Waals surface area contributed by atoms with Gasteiger partial charge in [0.25, 0.3) is 10.0 Å². The van der Waals surface area contributed by atoms with Crippen LogP contribution in [0.25, 0.3) is 33.2 Å². The largest absolute Gasteiger partial charge is 0.496 e. The van der Waals surface area contributed by atoms with E-state index in [9.17, 15) is 17.2 Å². The minimum absolute atomic E-state index is 0.00254. The van der Waals surface area contributed by atoms with Gasteiger partial charge in [0.2, 0.25) is 0 Å². The van der Waals surface area contributed by atoms with Crippen LogP contribution in [-0.2, 0) is 10.0 Å². The molecule has 0 saturated heterocycles. The molecule has 3 aromatic heterocycles. The van der Waals surface area contributed by atoms with Crippen molar-refractivity contribution in [3.05, 3.63) is 85.0 Å². The summed E-state index contributed by atoms with van der Waals surface area (Å²) in [4.78, 5) is 8.24. The summed E-state index contributed by atoms with van der Waals surface area (Å²) in [5.74, 6) is -0.961. The number of nitrogens with zero attached hydrogens (tertiary/aromatic N) is 3. The van der Waals surface area contributed by atoms with Gasteiger partial charge in [-0.2, -0.15) is 0 Å². The van der Waals surface area contributed by atoms with Gasteiger partial charge in [0.05, 0.1) is 23.9 Å². The van der Waals surface area contributed by atoms with Crippen molar-refractivity contribution in [2.45, 2.75) is 4.90 Å². The second-order valence-electron chi connectivity index (χ2n) is 7.46. The zero-order valence-electron chi connectivity index (χ0n) is 18.1. The number of methoxy groups -OCH3 is 1. The van der Waals surface area contributed by atoms with E-state index >= 15 is 0 Å². The van der Waals surface area contributed by atoms with Gasteiger partial charge in [-0.15, -0.1) is 0 Å².